The number of hydrogen-bond donors (Lipinski definition) is 1. The van der Waals surface area contributed by atoms with E-state index < -0.39 is 0 Å². The second-order valence-corrected chi connectivity index (χ2v) is 7.07. The van der Waals surface area contributed by atoms with Gasteiger partial charge in [-0.15, -0.1) is 11.3 Å². The fourth-order valence-corrected chi connectivity index (χ4v) is 3.39. The van der Waals surface area contributed by atoms with Gasteiger partial charge in [-0.1, -0.05) is 11.6 Å². The van der Waals surface area contributed by atoms with Gasteiger partial charge in [-0.25, -0.2) is 4.98 Å². The van der Waals surface area contributed by atoms with E-state index in [1.807, 2.05) is 42.1 Å². The third-order valence-corrected chi connectivity index (χ3v) is 4.70. The largest absolute Gasteiger partial charge is 0.379 e. The summed E-state index contributed by atoms with van der Waals surface area (Å²) in [4.78, 5) is 17.7. The molecule has 6 nitrogen and oxygen atoms in total. The first-order chi connectivity index (χ1) is 11.6. The van der Waals surface area contributed by atoms with Gasteiger partial charge < -0.3 is 14.8 Å². The zero-order valence-corrected chi connectivity index (χ0v) is 14.8. The molecule has 24 heavy (non-hydrogen) atoms. The molecule has 1 aliphatic rings. The van der Waals surface area contributed by atoms with Crippen molar-refractivity contribution >= 4 is 22.2 Å². The molecule has 1 N–H and O–H groups in total. The Balaban J connectivity index is 1.54. The third-order valence-electron chi connectivity index (χ3n) is 3.93. The van der Waals surface area contributed by atoms with Crippen LogP contribution in [0.25, 0.3) is 4.96 Å². The fraction of sp³-hybridized carbons (Fsp3) is 0.529. The second-order valence-electron chi connectivity index (χ2n) is 6.19. The van der Waals surface area contributed by atoms with E-state index in [4.69, 9.17) is 9.47 Å². The number of carbonyl (C=O) groups excluding carboxylic acids is 1. The lowest BCUT2D eigenvalue weighted by Gasteiger charge is -2.31. The number of nitrogens with one attached hydrogen (secondary N) is 1. The second kappa shape index (κ2) is 7.92. The van der Waals surface area contributed by atoms with E-state index in [0.717, 1.165) is 17.1 Å². The highest BCUT2D eigenvalue weighted by Gasteiger charge is 2.27. The van der Waals surface area contributed by atoms with Crippen LogP contribution in [0.3, 0.4) is 0 Å². The van der Waals surface area contributed by atoms with Crippen LogP contribution in [0.1, 0.15) is 26.0 Å². The topological polar surface area (TPSA) is 64.9 Å². The molecule has 2 aromatic heterocycles. The average Bonchev–Trinajstić information content (AvgIpc) is 3.09. The summed E-state index contributed by atoms with van der Waals surface area (Å²) < 4.78 is 13.3. The lowest BCUT2D eigenvalue weighted by atomic mass is 10.1. The Hall–Kier alpha value is -1.70. The number of ether oxygens (including phenoxy) is 2. The summed E-state index contributed by atoms with van der Waals surface area (Å²) in [5.74, 6) is -0.0490. The monoisotopic (exact) mass is 349 g/mol. The Bertz CT molecular complexity index is 689. The summed E-state index contributed by atoms with van der Waals surface area (Å²) in [5, 5.41) is 5.01. The van der Waals surface area contributed by atoms with E-state index in [1.54, 1.807) is 11.3 Å². The SMILES string of the molecule is CC(C)=CCO[C@@H]1CCOC[C@@H]1NC(=O)Cc1cn2ccsc2n1. The number of amides is 1. The van der Waals surface area contributed by atoms with Crippen molar-refractivity contribution in [3.63, 3.8) is 0 Å². The quantitative estimate of drug-likeness (QED) is 0.812. The number of aromatic nitrogens is 2. The molecule has 1 saturated heterocycles. The first kappa shape index (κ1) is 17.1. The molecule has 7 heteroatoms. The number of fused-ring (bicyclic) bond motifs is 1. The predicted octanol–water partition coefficient (Wildman–Crippen LogP) is 2.19. The molecule has 0 bridgehead atoms. The third kappa shape index (κ3) is 4.43. The molecule has 1 aliphatic heterocycles. The van der Waals surface area contributed by atoms with E-state index in [0.29, 0.717) is 19.8 Å². The Morgan fingerprint density at radius 2 is 2.46 bits per heavy atom. The van der Waals surface area contributed by atoms with E-state index in [1.165, 1.54) is 5.57 Å². The molecular weight excluding hydrogens is 326 g/mol. The summed E-state index contributed by atoms with van der Waals surface area (Å²) in [5.41, 5.74) is 2.00. The van der Waals surface area contributed by atoms with Crippen LogP contribution in [0, 0.1) is 0 Å². The van der Waals surface area contributed by atoms with Crippen molar-refractivity contribution in [1.82, 2.24) is 14.7 Å². The van der Waals surface area contributed by atoms with Gasteiger partial charge in [-0.3, -0.25) is 9.20 Å². The number of rotatable bonds is 6. The average molecular weight is 349 g/mol. The summed E-state index contributed by atoms with van der Waals surface area (Å²) in [7, 11) is 0. The normalized spacial score (nSPS) is 20.9. The van der Waals surface area contributed by atoms with Gasteiger partial charge in [0.05, 0.1) is 37.5 Å². The highest BCUT2D eigenvalue weighted by molar-refractivity contribution is 7.15. The van der Waals surface area contributed by atoms with Gasteiger partial charge in [0, 0.05) is 24.4 Å². The highest BCUT2D eigenvalue weighted by atomic mass is 32.1. The lowest BCUT2D eigenvalue weighted by Crippen LogP contribution is -2.51. The van der Waals surface area contributed by atoms with Gasteiger partial charge in [0.15, 0.2) is 4.96 Å². The Kier molecular flexibility index (Phi) is 5.65. The maximum atomic E-state index is 12.3. The van der Waals surface area contributed by atoms with Crippen LogP contribution in [-0.4, -0.2) is 47.3 Å². The van der Waals surface area contributed by atoms with Gasteiger partial charge in [0.2, 0.25) is 5.91 Å². The zero-order chi connectivity index (χ0) is 16.9. The van der Waals surface area contributed by atoms with Crippen molar-refractivity contribution in [1.29, 1.82) is 0 Å². The van der Waals surface area contributed by atoms with Gasteiger partial charge >= 0.3 is 0 Å². The van der Waals surface area contributed by atoms with Crippen molar-refractivity contribution in [3.05, 3.63) is 35.1 Å². The Morgan fingerprint density at radius 1 is 1.58 bits per heavy atom. The first-order valence-electron chi connectivity index (χ1n) is 8.15. The molecule has 130 valence electrons. The van der Waals surface area contributed by atoms with Crippen molar-refractivity contribution in [2.24, 2.45) is 0 Å². The summed E-state index contributed by atoms with van der Waals surface area (Å²) in [6, 6.07) is -0.111. The van der Waals surface area contributed by atoms with Crippen LogP contribution >= 0.6 is 11.3 Å². The van der Waals surface area contributed by atoms with Crippen LogP contribution in [0.15, 0.2) is 29.4 Å². The molecule has 2 atom stereocenters. The van der Waals surface area contributed by atoms with Gasteiger partial charge in [0.25, 0.3) is 0 Å². The van der Waals surface area contributed by atoms with E-state index in [-0.39, 0.29) is 24.5 Å². The number of hydrogen-bond acceptors (Lipinski definition) is 5. The van der Waals surface area contributed by atoms with E-state index in [2.05, 4.69) is 10.3 Å². The van der Waals surface area contributed by atoms with Crippen molar-refractivity contribution < 1.29 is 14.3 Å². The number of imidazole rings is 1. The number of thiazole rings is 1. The molecule has 0 aliphatic carbocycles. The van der Waals surface area contributed by atoms with E-state index in [9.17, 15) is 4.79 Å². The van der Waals surface area contributed by atoms with Gasteiger partial charge in [-0.2, -0.15) is 0 Å². The predicted molar refractivity (Wildman–Crippen MR) is 93.3 cm³/mol. The van der Waals surface area contributed by atoms with Crippen LogP contribution in [0.5, 0.6) is 0 Å². The number of allylic oxidation sites excluding steroid dienone is 1. The van der Waals surface area contributed by atoms with Crippen LogP contribution in [-0.2, 0) is 20.7 Å². The molecule has 2 aromatic rings. The lowest BCUT2D eigenvalue weighted by molar-refractivity contribution is -0.125. The maximum absolute atomic E-state index is 12.3. The molecule has 0 radical (unpaired) electrons. The van der Waals surface area contributed by atoms with Gasteiger partial charge in [0.1, 0.15) is 0 Å². The van der Waals surface area contributed by atoms with Crippen LogP contribution in [0.4, 0.5) is 0 Å². The van der Waals surface area contributed by atoms with Crippen molar-refractivity contribution in [2.75, 3.05) is 19.8 Å². The maximum Gasteiger partial charge on any atom is 0.226 e. The standard InChI is InChI=1S/C17H23N3O3S/c1-12(2)3-7-23-15-4-6-22-11-14(15)19-16(21)9-13-10-20-5-8-24-17(20)18-13/h3,5,8,10,14-15H,4,6-7,9,11H2,1-2H3,(H,19,21)/t14-,15+/m0/s1. The van der Waals surface area contributed by atoms with Crippen LogP contribution < -0.4 is 5.32 Å². The first-order valence-corrected chi connectivity index (χ1v) is 9.03. The minimum Gasteiger partial charge on any atom is -0.379 e. The molecule has 0 spiro atoms. The molecule has 0 aromatic carbocycles. The number of nitrogens with zero attached hydrogens (tertiary/aromatic N) is 2. The molecule has 0 saturated carbocycles. The van der Waals surface area contributed by atoms with Gasteiger partial charge in [-0.05, 0) is 20.3 Å². The summed E-state index contributed by atoms with van der Waals surface area (Å²) in [6.07, 6.45) is 6.94. The highest BCUT2D eigenvalue weighted by Crippen LogP contribution is 2.14. The molecular formula is C17H23N3O3S. The Labute approximate surface area is 145 Å². The Morgan fingerprint density at radius 3 is 3.25 bits per heavy atom. The smallest absolute Gasteiger partial charge is 0.226 e. The molecule has 3 rings (SSSR count). The fourth-order valence-electron chi connectivity index (χ4n) is 2.67. The van der Waals surface area contributed by atoms with Crippen molar-refractivity contribution in [2.45, 2.75) is 38.8 Å². The molecule has 0 unspecified atom stereocenters. The van der Waals surface area contributed by atoms with E-state index >= 15 is 0 Å². The summed E-state index contributed by atoms with van der Waals surface area (Å²) >= 11 is 1.56. The zero-order valence-electron chi connectivity index (χ0n) is 14.0. The number of carbonyl (C=O) groups is 1. The minimum absolute atomic E-state index is 0.0104. The van der Waals surface area contributed by atoms with Crippen molar-refractivity contribution in [3.8, 4) is 0 Å². The molecule has 3 heterocycles. The molecule has 1 fully saturated rings. The van der Waals surface area contributed by atoms with Crippen LogP contribution in [0.2, 0.25) is 0 Å². The summed E-state index contributed by atoms with van der Waals surface area (Å²) in [6.45, 7) is 5.81. The minimum atomic E-state index is -0.111. The molecule has 1 amide bonds.